The zero-order valence-corrected chi connectivity index (χ0v) is 10.3. The molecule has 1 aromatic carbocycles. The fourth-order valence-corrected chi connectivity index (χ4v) is 1.15. The number of carbonyl (C=O) groups is 2. The number of hydrogen-bond acceptors (Lipinski definition) is 4. The molecule has 6 nitrogen and oxygen atoms in total. The van der Waals surface area contributed by atoms with Gasteiger partial charge in [-0.2, -0.15) is 0 Å². The van der Waals surface area contributed by atoms with E-state index in [4.69, 9.17) is 9.84 Å². The van der Waals surface area contributed by atoms with Gasteiger partial charge in [0.15, 0.2) is 13.2 Å². The molecular weight excluding hydrogens is 294 g/mol. The van der Waals surface area contributed by atoms with Crippen LogP contribution < -0.4 is 10.2 Å². The molecule has 0 aliphatic rings. The van der Waals surface area contributed by atoms with E-state index in [2.05, 4.69) is 20.8 Å². The lowest BCUT2D eigenvalue weighted by molar-refractivity contribution is -0.149. The van der Waals surface area contributed by atoms with Gasteiger partial charge in [-0.1, -0.05) is 15.9 Å². The van der Waals surface area contributed by atoms with Crippen molar-refractivity contribution in [2.24, 2.45) is 0 Å². The summed E-state index contributed by atoms with van der Waals surface area (Å²) in [6, 6.07) is 6.92. The van der Waals surface area contributed by atoms with E-state index in [1.54, 1.807) is 24.3 Å². The van der Waals surface area contributed by atoms with Crippen LogP contribution in [0, 0.1) is 0 Å². The molecule has 0 aromatic heterocycles. The Morgan fingerprint density at radius 1 is 1.24 bits per heavy atom. The summed E-state index contributed by atoms with van der Waals surface area (Å²) < 4.78 is 6.02. The quantitative estimate of drug-likeness (QED) is 0.765. The smallest absolute Gasteiger partial charge is 0.332 e. The molecule has 17 heavy (non-hydrogen) atoms. The van der Waals surface area contributed by atoms with Crippen molar-refractivity contribution in [1.29, 1.82) is 0 Å². The van der Waals surface area contributed by atoms with Crippen LogP contribution in [0.3, 0.4) is 0 Å². The van der Waals surface area contributed by atoms with Gasteiger partial charge in [-0.05, 0) is 24.3 Å². The van der Waals surface area contributed by atoms with Crippen molar-refractivity contribution in [3.8, 4) is 5.75 Å². The molecule has 0 heterocycles. The van der Waals surface area contributed by atoms with Gasteiger partial charge in [0.05, 0.1) is 0 Å². The molecule has 1 amide bonds. The van der Waals surface area contributed by atoms with E-state index >= 15 is 0 Å². The maximum atomic E-state index is 11.1. The Balaban J connectivity index is 2.23. The van der Waals surface area contributed by atoms with Crippen LogP contribution in [0.2, 0.25) is 0 Å². The average Bonchev–Trinajstić information content (AvgIpc) is 2.28. The highest BCUT2D eigenvalue weighted by molar-refractivity contribution is 9.10. The van der Waals surface area contributed by atoms with Gasteiger partial charge < -0.3 is 9.84 Å². The third-order valence-corrected chi connectivity index (χ3v) is 2.09. The molecule has 0 atom stereocenters. The number of carboxylic acid groups (broad SMARTS) is 1. The predicted octanol–water partition coefficient (Wildman–Crippen LogP) is 0.960. The third-order valence-electron chi connectivity index (χ3n) is 1.57. The first-order valence-corrected chi connectivity index (χ1v) is 5.38. The Bertz CT molecular complexity index is 392. The molecule has 0 spiro atoms. The van der Waals surface area contributed by atoms with Crippen molar-refractivity contribution in [2.45, 2.75) is 0 Å². The van der Waals surface area contributed by atoms with E-state index < -0.39 is 18.5 Å². The molecule has 0 aliphatic carbocycles. The van der Waals surface area contributed by atoms with Crippen LogP contribution in [-0.2, 0) is 14.4 Å². The normalized spacial score (nSPS) is 9.71. The molecule has 0 aliphatic heterocycles. The van der Waals surface area contributed by atoms with E-state index in [9.17, 15) is 9.59 Å². The Kier molecular flexibility index (Phi) is 5.44. The number of aliphatic carboxylic acids is 1. The SMILES string of the molecule is O=C(O)CONC(=O)COc1ccc(Br)cc1. The summed E-state index contributed by atoms with van der Waals surface area (Å²) in [5.41, 5.74) is 1.94. The fourth-order valence-electron chi connectivity index (χ4n) is 0.887. The first-order chi connectivity index (χ1) is 8.08. The first-order valence-electron chi connectivity index (χ1n) is 4.58. The highest BCUT2D eigenvalue weighted by Crippen LogP contribution is 2.15. The number of halogens is 1. The number of rotatable bonds is 6. The van der Waals surface area contributed by atoms with Crippen molar-refractivity contribution < 1.29 is 24.3 Å². The number of nitrogens with one attached hydrogen (secondary N) is 1. The number of hydrogen-bond donors (Lipinski definition) is 2. The largest absolute Gasteiger partial charge is 0.484 e. The van der Waals surface area contributed by atoms with Crippen LogP contribution in [0.15, 0.2) is 28.7 Å². The summed E-state index contributed by atoms with van der Waals surface area (Å²) in [5, 5.41) is 8.25. The minimum absolute atomic E-state index is 0.249. The highest BCUT2D eigenvalue weighted by Gasteiger charge is 2.04. The number of carbonyl (C=O) groups excluding carboxylic acids is 1. The Morgan fingerprint density at radius 3 is 2.47 bits per heavy atom. The lowest BCUT2D eigenvalue weighted by Crippen LogP contribution is -2.30. The predicted molar refractivity (Wildman–Crippen MR) is 61.4 cm³/mol. The molecule has 1 aromatic rings. The summed E-state index contributed by atoms with van der Waals surface area (Å²) in [7, 11) is 0. The zero-order chi connectivity index (χ0) is 12.7. The van der Waals surface area contributed by atoms with Crippen LogP contribution in [0.25, 0.3) is 0 Å². The number of benzene rings is 1. The number of carboxylic acids is 1. The van der Waals surface area contributed by atoms with Gasteiger partial charge in [0, 0.05) is 4.47 Å². The minimum Gasteiger partial charge on any atom is -0.484 e. The van der Waals surface area contributed by atoms with Crippen molar-refractivity contribution >= 4 is 27.8 Å². The van der Waals surface area contributed by atoms with Crippen LogP contribution in [0.5, 0.6) is 5.75 Å². The number of amides is 1. The molecule has 2 N–H and O–H groups in total. The summed E-state index contributed by atoms with van der Waals surface area (Å²) in [6.07, 6.45) is 0. The van der Waals surface area contributed by atoms with Crippen LogP contribution in [-0.4, -0.2) is 30.2 Å². The number of ether oxygens (including phenoxy) is 1. The van der Waals surface area contributed by atoms with Gasteiger partial charge in [-0.25, -0.2) is 10.3 Å². The van der Waals surface area contributed by atoms with E-state index in [-0.39, 0.29) is 6.61 Å². The van der Waals surface area contributed by atoms with E-state index in [0.29, 0.717) is 5.75 Å². The maximum absolute atomic E-state index is 11.1. The van der Waals surface area contributed by atoms with Crippen molar-refractivity contribution in [1.82, 2.24) is 5.48 Å². The second kappa shape index (κ2) is 6.87. The summed E-state index contributed by atoms with van der Waals surface area (Å²) in [6.45, 7) is -0.842. The monoisotopic (exact) mass is 303 g/mol. The van der Waals surface area contributed by atoms with E-state index in [0.717, 1.165) is 4.47 Å². The second-order valence-corrected chi connectivity index (χ2v) is 3.87. The summed E-state index contributed by atoms with van der Waals surface area (Å²) in [5.74, 6) is -1.20. The minimum atomic E-state index is -1.17. The van der Waals surface area contributed by atoms with E-state index in [1.165, 1.54) is 0 Å². The van der Waals surface area contributed by atoms with Crippen molar-refractivity contribution in [2.75, 3.05) is 13.2 Å². The molecule has 0 bridgehead atoms. The maximum Gasteiger partial charge on any atom is 0.332 e. The Morgan fingerprint density at radius 2 is 1.88 bits per heavy atom. The van der Waals surface area contributed by atoms with Crippen LogP contribution in [0.4, 0.5) is 0 Å². The van der Waals surface area contributed by atoms with Gasteiger partial charge in [-0.3, -0.25) is 9.63 Å². The van der Waals surface area contributed by atoms with Gasteiger partial charge in [-0.15, -0.1) is 0 Å². The van der Waals surface area contributed by atoms with Gasteiger partial charge in [0.25, 0.3) is 5.91 Å². The zero-order valence-electron chi connectivity index (χ0n) is 8.68. The Hall–Kier alpha value is -1.60. The first kappa shape index (κ1) is 13.5. The number of hydroxylamine groups is 1. The van der Waals surface area contributed by atoms with Crippen molar-refractivity contribution in [3.63, 3.8) is 0 Å². The molecule has 0 saturated carbocycles. The molecular formula is C10H10BrNO5. The van der Waals surface area contributed by atoms with Crippen LogP contribution >= 0.6 is 15.9 Å². The Labute approximate surface area is 106 Å². The third kappa shape index (κ3) is 5.88. The lowest BCUT2D eigenvalue weighted by Gasteiger charge is -2.06. The molecule has 0 radical (unpaired) electrons. The molecule has 92 valence electrons. The van der Waals surface area contributed by atoms with Gasteiger partial charge >= 0.3 is 5.97 Å². The average molecular weight is 304 g/mol. The topological polar surface area (TPSA) is 84.9 Å². The fraction of sp³-hybridized carbons (Fsp3) is 0.200. The highest BCUT2D eigenvalue weighted by atomic mass is 79.9. The summed E-state index contributed by atoms with van der Waals surface area (Å²) in [4.78, 5) is 25.6. The molecule has 0 saturated heterocycles. The van der Waals surface area contributed by atoms with Gasteiger partial charge in [0.2, 0.25) is 0 Å². The molecule has 0 fully saturated rings. The molecule has 0 unspecified atom stereocenters. The van der Waals surface area contributed by atoms with Crippen LogP contribution in [0.1, 0.15) is 0 Å². The van der Waals surface area contributed by atoms with Crippen molar-refractivity contribution in [3.05, 3.63) is 28.7 Å². The lowest BCUT2D eigenvalue weighted by atomic mass is 10.3. The van der Waals surface area contributed by atoms with Gasteiger partial charge in [0.1, 0.15) is 5.75 Å². The summed E-state index contributed by atoms with van der Waals surface area (Å²) >= 11 is 3.26. The molecule has 1 rings (SSSR count). The second-order valence-electron chi connectivity index (χ2n) is 2.95. The van der Waals surface area contributed by atoms with E-state index in [1.807, 2.05) is 5.48 Å². The standard InChI is InChI=1S/C10H10BrNO5/c11-7-1-3-8(4-2-7)16-5-9(13)12-17-6-10(14)15/h1-4H,5-6H2,(H,12,13)(H,14,15). The molecule has 7 heteroatoms.